The molecule has 0 aliphatic carbocycles. The van der Waals surface area contributed by atoms with Crippen molar-refractivity contribution in [3.63, 3.8) is 0 Å². The Bertz CT molecular complexity index is 660. The van der Waals surface area contributed by atoms with Gasteiger partial charge in [-0.2, -0.15) is 0 Å². The Kier molecular flexibility index (Phi) is 3.93. The first-order valence-corrected chi connectivity index (χ1v) is 5.91. The number of anilines is 1. The summed E-state index contributed by atoms with van der Waals surface area (Å²) >= 11 is 0. The van der Waals surface area contributed by atoms with E-state index in [9.17, 15) is 18.9 Å². The monoisotopic (exact) mass is 278 g/mol. The molecule has 0 saturated carbocycles. The molecule has 0 atom stereocenters. The number of aryl methyl sites for hydroxylation is 1. The number of nitro groups is 1. The average Bonchev–Trinajstić information content (AvgIpc) is 2.39. The van der Waals surface area contributed by atoms with E-state index in [4.69, 9.17) is 0 Å². The minimum Gasteiger partial charge on any atom is -0.375 e. The third-order valence-electron chi connectivity index (χ3n) is 2.89. The molecule has 0 spiro atoms. The highest BCUT2D eigenvalue weighted by molar-refractivity contribution is 5.65. The van der Waals surface area contributed by atoms with E-state index < -0.39 is 16.6 Å². The lowest BCUT2D eigenvalue weighted by Crippen LogP contribution is -2.04. The zero-order valence-corrected chi connectivity index (χ0v) is 10.7. The molecule has 0 saturated heterocycles. The maximum absolute atomic E-state index is 13.1. The summed E-state index contributed by atoms with van der Waals surface area (Å²) in [5, 5.41) is 13.9. The smallest absolute Gasteiger partial charge is 0.295 e. The molecule has 2 aromatic rings. The van der Waals surface area contributed by atoms with Gasteiger partial charge in [-0.15, -0.1) is 0 Å². The molecular formula is C14H12F2N2O2. The van der Waals surface area contributed by atoms with Crippen LogP contribution in [0.1, 0.15) is 11.1 Å². The number of para-hydroxylation sites is 1. The zero-order valence-electron chi connectivity index (χ0n) is 10.7. The topological polar surface area (TPSA) is 55.2 Å². The molecule has 0 bridgehead atoms. The van der Waals surface area contributed by atoms with E-state index in [0.29, 0.717) is 16.8 Å². The highest BCUT2D eigenvalue weighted by Crippen LogP contribution is 2.28. The van der Waals surface area contributed by atoms with Crippen molar-refractivity contribution < 1.29 is 13.7 Å². The van der Waals surface area contributed by atoms with E-state index in [1.54, 1.807) is 25.1 Å². The number of halogens is 2. The van der Waals surface area contributed by atoms with Crippen molar-refractivity contribution in [3.05, 3.63) is 69.3 Å². The maximum atomic E-state index is 13.1. The average molecular weight is 278 g/mol. The number of nitro benzene ring substituents is 1. The van der Waals surface area contributed by atoms with Crippen molar-refractivity contribution in [2.75, 3.05) is 5.32 Å². The van der Waals surface area contributed by atoms with Crippen molar-refractivity contribution in [1.29, 1.82) is 0 Å². The van der Waals surface area contributed by atoms with Crippen LogP contribution in [0.4, 0.5) is 20.2 Å². The summed E-state index contributed by atoms with van der Waals surface area (Å²) in [7, 11) is 0. The number of hydrogen-bond acceptors (Lipinski definition) is 3. The SMILES string of the molecule is Cc1cccc(NCc2ccc(F)c(F)c2)c1[N+](=O)[O-]. The van der Waals surface area contributed by atoms with Crippen LogP contribution in [-0.4, -0.2) is 4.92 Å². The lowest BCUT2D eigenvalue weighted by molar-refractivity contribution is -0.384. The molecule has 2 rings (SSSR count). The molecule has 0 radical (unpaired) electrons. The first-order chi connectivity index (χ1) is 9.49. The number of nitrogens with zero attached hydrogens (tertiary/aromatic N) is 1. The highest BCUT2D eigenvalue weighted by atomic mass is 19.2. The Morgan fingerprint density at radius 2 is 1.95 bits per heavy atom. The van der Waals surface area contributed by atoms with E-state index in [2.05, 4.69) is 5.32 Å². The Morgan fingerprint density at radius 1 is 1.20 bits per heavy atom. The van der Waals surface area contributed by atoms with Gasteiger partial charge in [0, 0.05) is 12.1 Å². The standard InChI is InChI=1S/C14H12F2N2O2/c1-9-3-2-4-13(14(9)18(19)20)17-8-10-5-6-11(15)12(16)7-10/h2-7,17H,8H2,1H3. The molecule has 4 nitrogen and oxygen atoms in total. The first kappa shape index (κ1) is 13.9. The summed E-state index contributed by atoms with van der Waals surface area (Å²) in [6.07, 6.45) is 0. The van der Waals surface area contributed by atoms with Crippen molar-refractivity contribution in [2.24, 2.45) is 0 Å². The summed E-state index contributed by atoms with van der Waals surface area (Å²) in [5.74, 6) is -1.86. The fourth-order valence-electron chi connectivity index (χ4n) is 1.89. The third kappa shape index (κ3) is 2.90. The largest absolute Gasteiger partial charge is 0.375 e. The molecule has 6 heteroatoms. The van der Waals surface area contributed by atoms with E-state index in [-0.39, 0.29) is 12.2 Å². The summed E-state index contributed by atoms with van der Waals surface area (Å²) in [4.78, 5) is 10.5. The summed E-state index contributed by atoms with van der Waals surface area (Å²) < 4.78 is 25.9. The van der Waals surface area contributed by atoms with E-state index >= 15 is 0 Å². The molecule has 20 heavy (non-hydrogen) atoms. The molecule has 0 aliphatic rings. The van der Waals surface area contributed by atoms with Gasteiger partial charge in [0.25, 0.3) is 5.69 Å². The van der Waals surface area contributed by atoms with E-state index in [1.807, 2.05) is 0 Å². The minimum absolute atomic E-state index is 0.0184. The summed E-state index contributed by atoms with van der Waals surface area (Å²) in [6.45, 7) is 1.81. The Labute approximate surface area is 114 Å². The second kappa shape index (κ2) is 5.64. The van der Waals surface area contributed by atoms with Gasteiger partial charge >= 0.3 is 0 Å². The van der Waals surface area contributed by atoms with E-state index in [0.717, 1.165) is 12.1 Å². The first-order valence-electron chi connectivity index (χ1n) is 5.91. The van der Waals surface area contributed by atoms with Crippen LogP contribution in [-0.2, 0) is 6.54 Å². The van der Waals surface area contributed by atoms with Gasteiger partial charge < -0.3 is 5.32 Å². The van der Waals surface area contributed by atoms with Crippen LogP contribution in [0.2, 0.25) is 0 Å². The molecule has 0 fully saturated rings. The lowest BCUT2D eigenvalue weighted by atomic mass is 10.1. The van der Waals surface area contributed by atoms with Crippen molar-refractivity contribution in [2.45, 2.75) is 13.5 Å². The van der Waals surface area contributed by atoms with Crippen LogP contribution in [0, 0.1) is 28.7 Å². The quantitative estimate of drug-likeness (QED) is 0.683. The second-order valence-corrected chi connectivity index (χ2v) is 4.33. The van der Waals surface area contributed by atoms with Crippen molar-refractivity contribution >= 4 is 11.4 Å². The van der Waals surface area contributed by atoms with Crippen LogP contribution in [0.25, 0.3) is 0 Å². The molecule has 104 valence electrons. The molecule has 2 aromatic carbocycles. The molecule has 0 aromatic heterocycles. The van der Waals surface area contributed by atoms with Crippen LogP contribution < -0.4 is 5.32 Å². The second-order valence-electron chi connectivity index (χ2n) is 4.33. The minimum atomic E-state index is -0.942. The van der Waals surface area contributed by atoms with Crippen molar-refractivity contribution in [1.82, 2.24) is 0 Å². The fraction of sp³-hybridized carbons (Fsp3) is 0.143. The lowest BCUT2D eigenvalue weighted by Gasteiger charge is -2.09. The van der Waals surface area contributed by atoms with Crippen LogP contribution in [0.3, 0.4) is 0 Å². The number of hydrogen-bond donors (Lipinski definition) is 1. The van der Waals surface area contributed by atoms with Gasteiger partial charge in [-0.25, -0.2) is 8.78 Å². The third-order valence-corrected chi connectivity index (χ3v) is 2.89. The van der Waals surface area contributed by atoms with Gasteiger partial charge in [-0.1, -0.05) is 18.2 Å². The summed E-state index contributed by atoms with van der Waals surface area (Å²) in [5.41, 5.74) is 1.36. The highest BCUT2D eigenvalue weighted by Gasteiger charge is 2.16. The molecule has 0 aliphatic heterocycles. The zero-order chi connectivity index (χ0) is 14.7. The van der Waals surface area contributed by atoms with Crippen LogP contribution >= 0.6 is 0 Å². The number of benzene rings is 2. The van der Waals surface area contributed by atoms with Gasteiger partial charge in [-0.05, 0) is 30.7 Å². The number of rotatable bonds is 4. The molecule has 0 heterocycles. The van der Waals surface area contributed by atoms with Crippen LogP contribution in [0.5, 0.6) is 0 Å². The fourth-order valence-corrected chi connectivity index (χ4v) is 1.89. The van der Waals surface area contributed by atoms with Gasteiger partial charge in [0.05, 0.1) is 4.92 Å². The van der Waals surface area contributed by atoms with Gasteiger partial charge in [0.1, 0.15) is 5.69 Å². The molecule has 0 unspecified atom stereocenters. The van der Waals surface area contributed by atoms with Gasteiger partial charge in [-0.3, -0.25) is 10.1 Å². The maximum Gasteiger partial charge on any atom is 0.295 e. The normalized spacial score (nSPS) is 10.3. The van der Waals surface area contributed by atoms with Gasteiger partial charge in [0.15, 0.2) is 11.6 Å². The Hall–Kier alpha value is -2.50. The molecular weight excluding hydrogens is 266 g/mol. The van der Waals surface area contributed by atoms with Crippen molar-refractivity contribution in [3.8, 4) is 0 Å². The Morgan fingerprint density at radius 3 is 2.60 bits per heavy atom. The molecule has 1 N–H and O–H groups in total. The predicted molar refractivity (Wildman–Crippen MR) is 71.5 cm³/mol. The molecule has 0 amide bonds. The number of nitrogens with one attached hydrogen (secondary N) is 1. The van der Waals surface area contributed by atoms with Crippen LogP contribution in [0.15, 0.2) is 36.4 Å². The summed E-state index contributed by atoms with van der Waals surface area (Å²) in [6, 6.07) is 8.41. The van der Waals surface area contributed by atoms with E-state index in [1.165, 1.54) is 6.07 Å². The predicted octanol–water partition coefficient (Wildman–Crippen LogP) is 3.79. The van der Waals surface area contributed by atoms with Gasteiger partial charge in [0.2, 0.25) is 0 Å². The Balaban J connectivity index is 2.21.